The molecular formula is C23H30N2O2. The smallest absolute Gasteiger partial charge is 0.228 e. The zero-order valence-electron chi connectivity index (χ0n) is 16.5. The lowest BCUT2D eigenvalue weighted by atomic mass is 9.81. The van der Waals surface area contributed by atoms with Crippen molar-refractivity contribution < 1.29 is 9.53 Å². The predicted molar refractivity (Wildman–Crippen MR) is 109 cm³/mol. The fourth-order valence-corrected chi connectivity index (χ4v) is 3.87. The zero-order valence-corrected chi connectivity index (χ0v) is 16.5. The second kappa shape index (κ2) is 9.05. The van der Waals surface area contributed by atoms with Crippen LogP contribution in [0.5, 0.6) is 5.75 Å². The third kappa shape index (κ3) is 4.89. The van der Waals surface area contributed by atoms with E-state index in [1.54, 1.807) is 7.11 Å². The van der Waals surface area contributed by atoms with Crippen molar-refractivity contribution in [1.29, 1.82) is 0 Å². The summed E-state index contributed by atoms with van der Waals surface area (Å²) < 4.78 is 5.28. The summed E-state index contributed by atoms with van der Waals surface area (Å²) in [6.45, 7) is 4.21. The van der Waals surface area contributed by atoms with E-state index in [9.17, 15) is 4.79 Å². The van der Waals surface area contributed by atoms with Gasteiger partial charge in [-0.2, -0.15) is 0 Å². The first-order valence-corrected chi connectivity index (χ1v) is 9.76. The highest BCUT2D eigenvalue weighted by molar-refractivity contribution is 5.85. The molecular weight excluding hydrogens is 336 g/mol. The van der Waals surface area contributed by atoms with Crippen LogP contribution in [0.1, 0.15) is 42.7 Å². The van der Waals surface area contributed by atoms with Gasteiger partial charge in [0.05, 0.1) is 13.0 Å². The second-order valence-electron chi connectivity index (χ2n) is 7.54. The maximum absolute atomic E-state index is 13.3. The van der Waals surface area contributed by atoms with Crippen molar-refractivity contribution in [1.82, 2.24) is 10.2 Å². The van der Waals surface area contributed by atoms with E-state index in [-0.39, 0.29) is 23.8 Å². The molecule has 4 heteroatoms. The highest BCUT2D eigenvalue weighted by Gasteiger charge is 2.30. The number of carbonyl (C=O) groups excluding carboxylic acids is 1. The summed E-state index contributed by atoms with van der Waals surface area (Å²) in [6, 6.07) is 18.4. The monoisotopic (exact) mass is 366 g/mol. The van der Waals surface area contributed by atoms with Crippen molar-refractivity contribution in [3.8, 4) is 5.75 Å². The number of nitrogens with one attached hydrogen (secondary N) is 1. The Morgan fingerprint density at radius 2 is 1.67 bits per heavy atom. The number of piperidine rings is 1. The minimum absolute atomic E-state index is 0.0888. The number of methoxy groups -OCH3 is 1. The molecule has 1 fully saturated rings. The highest BCUT2D eigenvalue weighted by atomic mass is 16.5. The van der Waals surface area contributed by atoms with E-state index in [2.05, 4.69) is 36.3 Å². The summed E-state index contributed by atoms with van der Waals surface area (Å²) in [5.41, 5.74) is 2.20. The lowest BCUT2D eigenvalue weighted by Crippen LogP contribution is -2.45. The molecule has 1 N–H and O–H groups in total. The molecule has 2 atom stereocenters. The Bertz CT molecular complexity index is 722. The van der Waals surface area contributed by atoms with Crippen molar-refractivity contribution in [2.45, 2.75) is 37.6 Å². The molecule has 144 valence electrons. The molecule has 0 bridgehead atoms. The summed E-state index contributed by atoms with van der Waals surface area (Å²) in [5.74, 6) is 0.787. The fraction of sp³-hybridized carbons (Fsp3) is 0.435. The molecule has 2 unspecified atom stereocenters. The quantitative estimate of drug-likeness (QED) is 0.846. The molecule has 2 aromatic rings. The summed E-state index contributed by atoms with van der Waals surface area (Å²) in [4.78, 5) is 15.6. The minimum atomic E-state index is -0.224. The lowest BCUT2D eigenvalue weighted by Gasteiger charge is -2.32. The Hall–Kier alpha value is -2.33. The van der Waals surface area contributed by atoms with Gasteiger partial charge in [0.1, 0.15) is 5.75 Å². The Morgan fingerprint density at radius 3 is 2.26 bits per heavy atom. The molecule has 0 aliphatic carbocycles. The molecule has 1 aliphatic heterocycles. The predicted octanol–water partition coefficient (Wildman–Crippen LogP) is 3.79. The Labute approximate surface area is 162 Å². The average molecular weight is 367 g/mol. The van der Waals surface area contributed by atoms with Crippen LogP contribution in [-0.4, -0.2) is 44.1 Å². The van der Waals surface area contributed by atoms with Gasteiger partial charge in [-0.1, -0.05) is 49.4 Å². The van der Waals surface area contributed by atoms with Crippen LogP contribution in [0.25, 0.3) is 0 Å². The number of ether oxygens (including phenoxy) is 1. The molecule has 0 saturated carbocycles. The van der Waals surface area contributed by atoms with Gasteiger partial charge in [0.15, 0.2) is 0 Å². The number of carbonyl (C=O) groups is 1. The molecule has 3 rings (SSSR count). The molecule has 0 radical (unpaired) electrons. The summed E-state index contributed by atoms with van der Waals surface area (Å²) in [5, 5.41) is 3.32. The van der Waals surface area contributed by atoms with Crippen LogP contribution in [0.15, 0.2) is 54.6 Å². The maximum Gasteiger partial charge on any atom is 0.228 e. The van der Waals surface area contributed by atoms with Crippen LogP contribution in [-0.2, 0) is 4.79 Å². The molecule has 27 heavy (non-hydrogen) atoms. The Kier molecular flexibility index (Phi) is 6.51. The standard InChI is InChI=1S/C23H30N2O2/c1-17(18-7-5-4-6-8-18)22(19-9-11-21(27-3)12-10-19)23(26)24-20-13-15-25(2)16-14-20/h4-12,17,20,22H,13-16H2,1-3H3,(H,24,26). The highest BCUT2D eigenvalue weighted by Crippen LogP contribution is 2.34. The number of hydrogen-bond donors (Lipinski definition) is 1. The van der Waals surface area contributed by atoms with Gasteiger partial charge in [0.2, 0.25) is 5.91 Å². The number of rotatable bonds is 6. The molecule has 1 aliphatic rings. The van der Waals surface area contributed by atoms with Crippen molar-refractivity contribution in [3.05, 3.63) is 65.7 Å². The van der Waals surface area contributed by atoms with Gasteiger partial charge in [0, 0.05) is 6.04 Å². The van der Waals surface area contributed by atoms with Gasteiger partial charge < -0.3 is 15.0 Å². The van der Waals surface area contributed by atoms with Crippen molar-refractivity contribution in [3.63, 3.8) is 0 Å². The number of hydrogen-bond acceptors (Lipinski definition) is 3. The van der Waals surface area contributed by atoms with Crippen LogP contribution in [0.3, 0.4) is 0 Å². The summed E-state index contributed by atoms with van der Waals surface area (Å²) in [6.07, 6.45) is 2.02. The minimum Gasteiger partial charge on any atom is -0.497 e. The molecule has 0 spiro atoms. The van der Waals surface area contributed by atoms with Gasteiger partial charge >= 0.3 is 0 Å². The van der Waals surface area contributed by atoms with E-state index in [0.29, 0.717) is 0 Å². The molecule has 1 saturated heterocycles. The van der Waals surface area contributed by atoms with Gasteiger partial charge in [-0.3, -0.25) is 4.79 Å². The van der Waals surface area contributed by atoms with Gasteiger partial charge in [0.25, 0.3) is 0 Å². The van der Waals surface area contributed by atoms with Gasteiger partial charge in [-0.05, 0) is 62.2 Å². The average Bonchev–Trinajstić information content (AvgIpc) is 2.71. The van der Waals surface area contributed by atoms with Crippen LogP contribution in [0.2, 0.25) is 0 Å². The van der Waals surface area contributed by atoms with Crippen molar-refractivity contribution in [2.75, 3.05) is 27.2 Å². The third-order valence-corrected chi connectivity index (χ3v) is 5.65. The largest absolute Gasteiger partial charge is 0.497 e. The first-order valence-electron chi connectivity index (χ1n) is 9.76. The van der Waals surface area contributed by atoms with E-state index in [1.807, 2.05) is 42.5 Å². The summed E-state index contributed by atoms with van der Waals surface area (Å²) in [7, 11) is 3.79. The number of likely N-dealkylation sites (tertiary alicyclic amines) is 1. The van der Waals surface area contributed by atoms with E-state index in [4.69, 9.17) is 4.74 Å². The number of benzene rings is 2. The van der Waals surface area contributed by atoms with E-state index < -0.39 is 0 Å². The molecule has 1 amide bonds. The maximum atomic E-state index is 13.3. The SMILES string of the molecule is COc1ccc(C(C(=O)NC2CCN(C)CC2)C(C)c2ccccc2)cc1. The van der Waals surface area contributed by atoms with Gasteiger partial charge in [-0.15, -0.1) is 0 Å². The van der Waals surface area contributed by atoms with E-state index in [0.717, 1.165) is 37.2 Å². The van der Waals surface area contributed by atoms with Crippen molar-refractivity contribution >= 4 is 5.91 Å². The molecule has 2 aromatic carbocycles. The van der Waals surface area contributed by atoms with E-state index >= 15 is 0 Å². The van der Waals surface area contributed by atoms with Crippen LogP contribution >= 0.6 is 0 Å². The number of amides is 1. The van der Waals surface area contributed by atoms with Crippen LogP contribution in [0.4, 0.5) is 0 Å². The van der Waals surface area contributed by atoms with Crippen LogP contribution in [0, 0.1) is 0 Å². The first-order chi connectivity index (χ1) is 13.1. The van der Waals surface area contributed by atoms with E-state index in [1.165, 1.54) is 5.56 Å². The molecule has 0 aromatic heterocycles. The molecule has 1 heterocycles. The Morgan fingerprint density at radius 1 is 1.04 bits per heavy atom. The van der Waals surface area contributed by atoms with Gasteiger partial charge in [-0.25, -0.2) is 0 Å². The van der Waals surface area contributed by atoms with Crippen molar-refractivity contribution in [2.24, 2.45) is 0 Å². The van der Waals surface area contributed by atoms with Crippen LogP contribution < -0.4 is 10.1 Å². The Balaban J connectivity index is 1.83. The zero-order chi connectivity index (χ0) is 19.2. The number of nitrogens with zero attached hydrogens (tertiary/aromatic N) is 1. The third-order valence-electron chi connectivity index (χ3n) is 5.65. The lowest BCUT2D eigenvalue weighted by molar-refractivity contribution is -0.124. The molecule has 4 nitrogen and oxygen atoms in total. The topological polar surface area (TPSA) is 41.6 Å². The summed E-state index contributed by atoms with van der Waals surface area (Å²) >= 11 is 0. The first kappa shape index (κ1) is 19.4. The fourth-order valence-electron chi connectivity index (χ4n) is 3.87. The normalized spacial score (nSPS) is 17.9. The second-order valence-corrected chi connectivity index (χ2v) is 7.54.